The Balaban J connectivity index is 1.80. The fraction of sp³-hybridized carbons (Fsp3) is 0.500. The van der Waals surface area contributed by atoms with Crippen molar-refractivity contribution in [3.05, 3.63) is 35.4 Å². The first-order valence-corrected chi connectivity index (χ1v) is 7.06. The van der Waals surface area contributed by atoms with Gasteiger partial charge in [-0.2, -0.15) is 13.2 Å². The molecule has 0 unspecified atom stereocenters. The highest BCUT2D eigenvalue weighted by molar-refractivity contribution is 7.80. The molecule has 2 rings (SSSR count). The largest absolute Gasteiger partial charge is 0.416 e. The molecule has 1 aliphatic rings. The zero-order valence-corrected chi connectivity index (χ0v) is 11.8. The van der Waals surface area contributed by atoms with Crippen molar-refractivity contribution in [3.63, 3.8) is 0 Å². The van der Waals surface area contributed by atoms with E-state index in [2.05, 4.69) is 10.6 Å². The minimum absolute atomic E-state index is 0.427. The summed E-state index contributed by atoms with van der Waals surface area (Å²) in [6.07, 6.45) is 0.411. The summed E-state index contributed by atoms with van der Waals surface area (Å²) in [6, 6.07) is 5.54. The van der Waals surface area contributed by atoms with Crippen LogP contribution < -0.4 is 10.6 Å². The van der Waals surface area contributed by atoms with Crippen molar-refractivity contribution in [2.45, 2.75) is 44.4 Å². The van der Waals surface area contributed by atoms with Gasteiger partial charge >= 0.3 is 6.18 Å². The highest BCUT2D eigenvalue weighted by atomic mass is 32.1. The third kappa shape index (κ3) is 4.37. The van der Waals surface area contributed by atoms with Crippen LogP contribution in [0.5, 0.6) is 0 Å². The molecule has 1 aromatic carbocycles. The Morgan fingerprint density at radius 3 is 2.30 bits per heavy atom. The van der Waals surface area contributed by atoms with Gasteiger partial charge in [0.1, 0.15) is 0 Å². The maximum absolute atomic E-state index is 12.4. The van der Waals surface area contributed by atoms with Crippen molar-refractivity contribution in [2.75, 3.05) is 0 Å². The number of halogens is 3. The molecule has 0 heterocycles. The van der Waals surface area contributed by atoms with Crippen LogP contribution in [0, 0.1) is 0 Å². The summed E-state index contributed by atoms with van der Waals surface area (Å²) in [6.45, 7) is 0.427. The second-order valence-electron chi connectivity index (χ2n) is 5.00. The summed E-state index contributed by atoms with van der Waals surface area (Å²) >= 11 is 5.17. The van der Waals surface area contributed by atoms with Crippen LogP contribution in [-0.2, 0) is 12.7 Å². The Bertz CT molecular complexity index is 450. The van der Waals surface area contributed by atoms with Gasteiger partial charge in [-0.3, -0.25) is 0 Å². The van der Waals surface area contributed by atoms with Crippen LogP contribution in [0.3, 0.4) is 0 Å². The molecule has 1 fully saturated rings. The van der Waals surface area contributed by atoms with Crippen molar-refractivity contribution in [1.82, 2.24) is 10.6 Å². The molecular weight excluding hydrogens is 285 g/mol. The van der Waals surface area contributed by atoms with E-state index in [1.54, 1.807) is 0 Å². The van der Waals surface area contributed by atoms with Crippen LogP contribution in [0.25, 0.3) is 0 Å². The molecule has 0 aromatic heterocycles. The third-order valence-electron chi connectivity index (χ3n) is 3.42. The second kappa shape index (κ2) is 6.43. The molecule has 0 atom stereocenters. The van der Waals surface area contributed by atoms with E-state index >= 15 is 0 Å². The van der Waals surface area contributed by atoms with Gasteiger partial charge in [-0.05, 0) is 42.8 Å². The molecule has 0 aliphatic heterocycles. The highest BCUT2D eigenvalue weighted by Crippen LogP contribution is 2.29. The topological polar surface area (TPSA) is 24.1 Å². The van der Waals surface area contributed by atoms with Gasteiger partial charge in [0.05, 0.1) is 5.56 Å². The molecular formula is C14H17F3N2S. The normalized spacial score (nSPS) is 16.1. The quantitative estimate of drug-likeness (QED) is 0.834. The molecule has 1 aromatic rings. The predicted octanol–water partition coefficient (Wildman–Crippen LogP) is 3.61. The van der Waals surface area contributed by atoms with Gasteiger partial charge in [-0.15, -0.1) is 0 Å². The van der Waals surface area contributed by atoms with Crippen LogP contribution in [0.1, 0.15) is 36.8 Å². The summed E-state index contributed by atoms with van der Waals surface area (Å²) in [5, 5.41) is 6.81. The lowest BCUT2D eigenvalue weighted by molar-refractivity contribution is -0.137. The summed E-state index contributed by atoms with van der Waals surface area (Å²) in [4.78, 5) is 0. The Hall–Kier alpha value is -1.30. The number of hydrogen-bond acceptors (Lipinski definition) is 1. The molecule has 6 heteroatoms. The lowest BCUT2D eigenvalue weighted by Crippen LogP contribution is -2.40. The molecule has 0 radical (unpaired) electrons. The van der Waals surface area contributed by atoms with Crippen LogP contribution in [0.2, 0.25) is 0 Å². The number of thiocarbonyl (C=S) groups is 1. The molecule has 0 amide bonds. The second-order valence-corrected chi connectivity index (χ2v) is 5.41. The summed E-state index contributed by atoms with van der Waals surface area (Å²) < 4.78 is 37.2. The molecule has 0 bridgehead atoms. The first-order valence-electron chi connectivity index (χ1n) is 6.65. The number of hydrogen-bond donors (Lipinski definition) is 2. The van der Waals surface area contributed by atoms with Crippen molar-refractivity contribution in [2.24, 2.45) is 0 Å². The molecule has 2 nitrogen and oxygen atoms in total. The van der Waals surface area contributed by atoms with E-state index in [0.717, 1.165) is 30.5 Å². The average molecular weight is 302 g/mol. The van der Waals surface area contributed by atoms with Crippen LogP contribution in [0.15, 0.2) is 24.3 Å². The fourth-order valence-corrected chi connectivity index (χ4v) is 2.54. The zero-order chi connectivity index (χ0) is 14.6. The fourth-order valence-electron chi connectivity index (χ4n) is 2.30. The smallest absolute Gasteiger partial charge is 0.360 e. The Morgan fingerprint density at radius 1 is 1.15 bits per heavy atom. The summed E-state index contributed by atoms with van der Waals surface area (Å²) in [5.41, 5.74) is 0.140. The van der Waals surface area contributed by atoms with E-state index in [1.807, 2.05) is 0 Å². The average Bonchev–Trinajstić information content (AvgIpc) is 2.88. The highest BCUT2D eigenvalue weighted by Gasteiger charge is 2.29. The van der Waals surface area contributed by atoms with E-state index < -0.39 is 11.7 Å². The Labute approximate surface area is 121 Å². The van der Waals surface area contributed by atoms with Crippen molar-refractivity contribution in [3.8, 4) is 0 Å². The number of alkyl halides is 3. The molecule has 1 saturated carbocycles. The predicted molar refractivity (Wildman–Crippen MR) is 76.3 cm³/mol. The van der Waals surface area contributed by atoms with Crippen molar-refractivity contribution < 1.29 is 13.2 Å². The van der Waals surface area contributed by atoms with E-state index in [1.165, 1.54) is 25.0 Å². The maximum Gasteiger partial charge on any atom is 0.416 e. The number of nitrogens with one attached hydrogen (secondary N) is 2. The monoisotopic (exact) mass is 302 g/mol. The van der Waals surface area contributed by atoms with Crippen LogP contribution in [0.4, 0.5) is 13.2 Å². The molecule has 0 spiro atoms. The summed E-state index contributed by atoms with van der Waals surface area (Å²) in [5.74, 6) is 0. The van der Waals surface area contributed by atoms with Gasteiger partial charge in [0, 0.05) is 12.6 Å². The van der Waals surface area contributed by atoms with Crippen molar-refractivity contribution in [1.29, 1.82) is 0 Å². The van der Waals surface area contributed by atoms with Crippen LogP contribution >= 0.6 is 12.2 Å². The first kappa shape index (κ1) is 15.1. The Morgan fingerprint density at radius 2 is 1.75 bits per heavy atom. The van der Waals surface area contributed by atoms with Crippen LogP contribution in [-0.4, -0.2) is 11.2 Å². The van der Waals surface area contributed by atoms with Gasteiger partial charge < -0.3 is 10.6 Å². The lowest BCUT2D eigenvalue weighted by Gasteiger charge is -2.16. The van der Waals surface area contributed by atoms with Gasteiger partial charge in [-0.25, -0.2) is 0 Å². The summed E-state index contributed by atoms with van der Waals surface area (Å²) in [7, 11) is 0. The van der Waals surface area contributed by atoms with E-state index in [-0.39, 0.29) is 0 Å². The lowest BCUT2D eigenvalue weighted by atomic mass is 10.1. The first-order chi connectivity index (χ1) is 9.45. The standard InChI is InChI=1S/C14H17F3N2S/c15-14(16,17)11-7-5-10(6-8-11)9-18-13(20)19-12-3-1-2-4-12/h5-8,12H,1-4,9H2,(H2,18,19,20). The van der Waals surface area contributed by atoms with E-state index in [9.17, 15) is 13.2 Å². The molecule has 2 N–H and O–H groups in total. The molecule has 110 valence electrons. The zero-order valence-electron chi connectivity index (χ0n) is 11.0. The maximum atomic E-state index is 12.4. The van der Waals surface area contributed by atoms with Crippen molar-refractivity contribution >= 4 is 17.3 Å². The van der Waals surface area contributed by atoms with Gasteiger partial charge in [0.15, 0.2) is 5.11 Å². The van der Waals surface area contributed by atoms with E-state index in [4.69, 9.17) is 12.2 Å². The minimum atomic E-state index is -4.29. The Kier molecular flexibility index (Phi) is 4.86. The van der Waals surface area contributed by atoms with Gasteiger partial charge in [0.25, 0.3) is 0 Å². The van der Waals surface area contributed by atoms with E-state index in [0.29, 0.717) is 17.7 Å². The molecule has 0 saturated heterocycles. The SMILES string of the molecule is FC(F)(F)c1ccc(CNC(=S)NC2CCCC2)cc1. The minimum Gasteiger partial charge on any atom is -0.360 e. The van der Waals surface area contributed by atoms with Gasteiger partial charge in [-0.1, -0.05) is 25.0 Å². The van der Waals surface area contributed by atoms with Gasteiger partial charge in [0.2, 0.25) is 0 Å². The number of rotatable bonds is 3. The molecule has 1 aliphatic carbocycles. The number of benzene rings is 1. The molecule has 20 heavy (non-hydrogen) atoms. The third-order valence-corrected chi connectivity index (χ3v) is 3.69.